The third-order valence-corrected chi connectivity index (χ3v) is 3.11. The third-order valence-electron chi connectivity index (χ3n) is 3.11. The van der Waals surface area contributed by atoms with E-state index in [2.05, 4.69) is 4.98 Å². The Hall–Kier alpha value is -1.87. The summed E-state index contributed by atoms with van der Waals surface area (Å²) in [5, 5.41) is 10.1. The van der Waals surface area contributed by atoms with E-state index in [4.69, 9.17) is 4.74 Å². The zero-order valence-corrected chi connectivity index (χ0v) is 11.1. The zero-order chi connectivity index (χ0) is 13.5. The molecule has 0 radical (unpaired) electrons. The number of hydrogen-bond acceptors (Lipinski definition) is 3. The van der Waals surface area contributed by atoms with Gasteiger partial charge in [0.15, 0.2) is 0 Å². The van der Waals surface area contributed by atoms with Gasteiger partial charge in [0, 0.05) is 18.3 Å². The predicted molar refractivity (Wildman–Crippen MR) is 75.3 cm³/mol. The first-order chi connectivity index (χ1) is 9.29. The number of ether oxygens (including phenoxy) is 1. The molecular formula is C16H19NO2. The first-order valence-corrected chi connectivity index (χ1v) is 6.49. The maximum absolute atomic E-state index is 10.1. The molecule has 3 nitrogen and oxygen atoms in total. The summed E-state index contributed by atoms with van der Waals surface area (Å²) in [6.45, 7) is 0. The SMILES string of the molecule is COc1ccccc1CC(O)CCc1ccccn1. The summed E-state index contributed by atoms with van der Waals surface area (Å²) in [7, 11) is 1.65. The Kier molecular flexibility index (Phi) is 4.93. The maximum atomic E-state index is 10.1. The van der Waals surface area contributed by atoms with Crippen molar-refractivity contribution in [2.45, 2.75) is 25.4 Å². The van der Waals surface area contributed by atoms with Crippen LogP contribution in [0.1, 0.15) is 17.7 Å². The first-order valence-electron chi connectivity index (χ1n) is 6.49. The van der Waals surface area contributed by atoms with Crippen LogP contribution in [0.15, 0.2) is 48.7 Å². The molecule has 0 spiro atoms. The van der Waals surface area contributed by atoms with Gasteiger partial charge in [0.1, 0.15) is 5.75 Å². The van der Waals surface area contributed by atoms with E-state index >= 15 is 0 Å². The Bertz CT molecular complexity index is 499. The summed E-state index contributed by atoms with van der Waals surface area (Å²) in [5.41, 5.74) is 2.06. The summed E-state index contributed by atoms with van der Waals surface area (Å²) in [6.07, 6.45) is 3.50. The average molecular weight is 257 g/mol. The molecule has 0 aliphatic rings. The molecule has 1 atom stereocenters. The number of hydrogen-bond donors (Lipinski definition) is 1. The van der Waals surface area contributed by atoms with Crippen LogP contribution in [0.4, 0.5) is 0 Å². The van der Waals surface area contributed by atoms with E-state index in [-0.39, 0.29) is 6.10 Å². The number of pyridine rings is 1. The molecule has 0 saturated carbocycles. The number of nitrogens with zero attached hydrogens (tertiary/aromatic N) is 1. The third kappa shape index (κ3) is 4.07. The summed E-state index contributed by atoms with van der Waals surface area (Å²) < 4.78 is 5.29. The van der Waals surface area contributed by atoms with Crippen LogP contribution >= 0.6 is 0 Å². The second-order valence-electron chi connectivity index (χ2n) is 4.53. The Morgan fingerprint density at radius 3 is 2.68 bits per heavy atom. The lowest BCUT2D eigenvalue weighted by molar-refractivity contribution is 0.164. The van der Waals surface area contributed by atoms with Gasteiger partial charge in [-0.05, 0) is 36.6 Å². The molecule has 2 rings (SSSR count). The lowest BCUT2D eigenvalue weighted by Gasteiger charge is -2.13. The molecule has 0 aliphatic carbocycles. The van der Waals surface area contributed by atoms with E-state index in [1.807, 2.05) is 42.5 Å². The van der Waals surface area contributed by atoms with E-state index in [1.54, 1.807) is 13.3 Å². The highest BCUT2D eigenvalue weighted by atomic mass is 16.5. The number of rotatable bonds is 6. The van der Waals surface area contributed by atoms with Crippen LogP contribution in [0.5, 0.6) is 5.75 Å². The van der Waals surface area contributed by atoms with Crippen molar-refractivity contribution in [3.8, 4) is 5.75 Å². The van der Waals surface area contributed by atoms with Gasteiger partial charge in [0.05, 0.1) is 13.2 Å². The minimum absolute atomic E-state index is 0.377. The molecule has 0 aliphatic heterocycles. The van der Waals surface area contributed by atoms with Crippen LogP contribution in [-0.2, 0) is 12.8 Å². The van der Waals surface area contributed by atoms with Crippen LogP contribution < -0.4 is 4.74 Å². The number of benzene rings is 1. The van der Waals surface area contributed by atoms with Crippen LogP contribution in [0.3, 0.4) is 0 Å². The standard InChI is InChI=1S/C16H19NO2/c1-19-16-8-3-2-6-13(16)12-15(18)10-9-14-7-4-5-11-17-14/h2-8,11,15,18H,9-10,12H2,1H3. The highest BCUT2D eigenvalue weighted by Gasteiger charge is 2.09. The van der Waals surface area contributed by atoms with Crippen molar-refractivity contribution in [1.82, 2.24) is 4.98 Å². The lowest BCUT2D eigenvalue weighted by atomic mass is 10.0. The van der Waals surface area contributed by atoms with Crippen molar-refractivity contribution in [2.75, 3.05) is 7.11 Å². The van der Waals surface area contributed by atoms with Crippen LogP contribution in [0.25, 0.3) is 0 Å². The fourth-order valence-corrected chi connectivity index (χ4v) is 2.09. The summed E-state index contributed by atoms with van der Waals surface area (Å²) in [6, 6.07) is 13.6. The normalized spacial score (nSPS) is 12.1. The van der Waals surface area contributed by atoms with Gasteiger partial charge < -0.3 is 9.84 Å². The van der Waals surface area contributed by atoms with Crippen molar-refractivity contribution in [3.05, 3.63) is 59.9 Å². The van der Waals surface area contributed by atoms with Crippen molar-refractivity contribution in [2.24, 2.45) is 0 Å². The molecule has 0 amide bonds. The number of methoxy groups -OCH3 is 1. The topological polar surface area (TPSA) is 42.4 Å². The molecule has 100 valence electrons. The fourth-order valence-electron chi connectivity index (χ4n) is 2.09. The molecule has 3 heteroatoms. The number of aliphatic hydroxyl groups is 1. The largest absolute Gasteiger partial charge is 0.496 e. The van der Waals surface area contributed by atoms with E-state index in [0.717, 1.165) is 23.4 Å². The van der Waals surface area contributed by atoms with Crippen molar-refractivity contribution in [1.29, 1.82) is 0 Å². The molecule has 1 unspecified atom stereocenters. The van der Waals surface area contributed by atoms with Gasteiger partial charge in [-0.2, -0.15) is 0 Å². The van der Waals surface area contributed by atoms with Crippen molar-refractivity contribution < 1.29 is 9.84 Å². The molecule has 1 heterocycles. The fraction of sp³-hybridized carbons (Fsp3) is 0.312. The smallest absolute Gasteiger partial charge is 0.122 e. The van der Waals surface area contributed by atoms with Crippen LogP contribution in [-0.4, -0.2) is 23.3 Å². The zero-order valence-electron chi connectivity index (χ0n) is 11.1. The second-order valence-corrected chi connectivity index (χ2v) is 4.53. The summed E-state index contributed by atoms with van der Waals surface area (Å²) >= 11 is 0. The van der Waals surface area contributed by atoms with Crippen LogP contribution in [0, 0.1) is 0 Å². The summed E-state index contributed by atoms with van der Waals surface area (Å²) in [5.74, 6) is 0.833. The molecule has 0 fully saturated rings. The summed E-state index contributed by atoms with van der Waals surface area (Å²) in [4.78, 5) is 4.26. The van der Waals surface area contributed by atoms with E-state index in [9.17, 15) is 5.11 Å². The van der Waals surface area contributed by atoms with Gasteiger partial charge in [-0.15, -0.1) is 0 Å². The Morgan fingerprint density at radius 1 is 1.16 bits per heavy atom. The Morgan fingerprint density at radius 2 is 1.95 bits per heavy atom. The minimum atomic E-state index is -0.377. The maximum Gasteiger partial charge on any atom is 0.122 e. The van der Waals surface area contributed by atoms with Crippen molar-refractivity contribution in [3.63, 3.8) is 0 Å². The molecule has 1 aromatic heterocycles. The molecule has 19 heavy (non-hydrogen) atoms. The highest BCUT2D eigenvalue weighted by molar-refractivity contribution is 5.33. The van der Waals surface area contributed by atoms with Gasteiger partial charge in [0.2, 0.25) is 0 Å². The van der Waals surface area contributed by atoms with Gasteiger partial charge in [0.25, 0.3) is 0 Å². The lowest BCUT2D eigenvalue weighted by Crippen LogP contribution is -2.12. The van der Waals surface area contributed by atoms with Crippen molar-refractivity contribution >= 4 is 0 Å². The molecule has 2 aromatic rings. The minimum Gasteiger partial charge on any atom is -0.496 e. The molecule has 0 saturated heterocycles. The van der Waals surface area contributed by atoms with Gasteiger partial charge in [-0.1, -0.05) is 24.3 Å². The Balaban J connectivity index is 1.89. The molecule has 0 bridgehead atoms. The number of para-hydroxylation sites is 1. The quantitative estimate of drug-likeness (QED) is 0.865. The van der Waals surface area contributed by atoms with E-state index < -0.39 is 0 Å². The molecular weight excluding hydrogens is 238 g/mol. The first kappa shape index (κ1) is 13.6. The number of aliphatic hydroxyl groups excluding tert-OH is 1. The Labute approximate surface area is 113 Å². The van der Waals surface area contributed by atoms with E-state index in [1.165, 1.54) is 0 Å². The number of aromatic nitrogens is 1. The van der Waals surface area contributed by atoms with Gasteiger partial charge in [-0.25, -0.2) is 0 Å². The number of aryl methyl sites for hydroxylation is 1. The molecule has 1 aromatic carbocycles. The second kappa shape index (κ2) is 6.90. The van der Waals surface area contributed by atoms with Crippen LogP contribution in [0.2, 0.25) is 0 Å². The highest BCUT2D eigenvalue weighted by Crippen LogP contribution is 2.20. The molecule has 1 N–H and O–H groups in total. The monoisotopic (exact) mass is 257 g/mol. The predicted octanol–water partition coefficient (Wildman–Crippen LogP) is 2.63. The van der Waals surface area contributed by atoms with E-state index in [0.29, 0.717) is 12.8 Å². The average Bonchev–Trinajstić information content (AvgIpc) is 2.47. The van der Waals surface area contributed by atoms with Gasteiger partial charge >= 0.3 is 0 Å². The van der Waals surface area contributed by atoms with Gasteiger partial charge in [-0.3, -0.25) is 4.98 Å².